The molecule has 1 atom stereocenters. The fourth-order valence-corrected chi connectivity index (χ4v) is 2.37. The molecule has 0 aromatic carbocycles. The Bertz CT molecular complexity index is 301. The summed E-state index contributed by atoms with van der Waals surface area (Å²) < 4.78 is 1.96. The van der Waals surface area contributed by atoms with Crippen LogP contribution in [-0.2, 0) is 6.54 Å². The molecule has 1 aromatic heterocycles. The molecule has 1 heterocycles. The van der Waals surface area contributed by atoms with Gasteiger partial charge in [0.1, 0.15) is 0 Å². The van der Waals surface area contributed by atoms with E-state index in [1.165, 1.54) is 0 Å². The molecule has 0 spiro atoms. The number of hydrogen-bond donors (Lipinski definition) is 1. The summed E-state index contributed by atoms with van der Waals surface area (Å²) in [6.07, 6.45) is 4.92. The zero-order valence-electron chi connectivity index (χ0n) is 9.46. The zero-order valence-corrected chi connectivity index (χ0v) is 11.0. The van der Waals surface area contributed by atoms with Crippen LogP contribution in [0.1, 0.15) is 25.1 Å². The maximum atomic E-state index is 6.15. The highest BCUT2D eigenvalue weighted by Crippen LogP contribution is 2.25. The second kappa shape index (κ2) is 6.40. The standard InChI is InChI=1S/C10H18ClN3S/c1-4-14-10(8(11)7-13-14)9(12-2)5-6-15-3/h7,9,12H,4-6H2,1-3H3. The van der Waals surface area contributed by atoms with Gasteiger partial charge in [0.05, 0.1) is 23.0 Å². The van der Waals surface area contributed by atoms with Crippen LogP contribution in [0.25, 0.3) is 0 Å². The Hall–Kier alpha value is -0.190. The van der Waals surface area contributed by atoms with Gasteiger partial charge in [-0.3, -0.25) is 4.68 Å². The van der Waals surface area contributed by atoms with Gasteiger partial charge in [-0.05, 0) is 32.4 Å². The molecular weight excluding hydrogens is 230 g/mol. The molecule has 0 fully saturated rings. The third-order valence-corrected chi connectivity index (χ3v) is 3.36. The van der Waals surface area contributed by atoms with Crippen molar-refractivity contribution in [3.63, 3.8) is 0 Å². The molecule has 15 heavy (non-hydrogen) atoms. The third-order valence-electron chi connectivity index (χ3n) is 2.42. The van der Waals surface area contributed by atoms with Gasteiger partial charge in [0.25, 0.3) is 0 Å². The minimum absolute atomic E-state index is 0.299. The quantitative estimate of drug-likeness (QED) is 0.838. The molecular formula is C10H18ClN3S. The molecule has 0 bridgehead atoms. The Morgan fingerprint density at radius 2 is 2.40 bits per heavy atom. The van der Waals surface area contributed by atoms with E-state index in [9.17, 15) is 0 Å². The van der Waals surface area contributed by atoms with Crippen molar-refractivity contribution in [1.82, 2.24) is 15.1 Å². The summed E-state index contributed by atoms with van der Waals surface area (Å²) in [6.45, 7) is 2.94. The lowest BCUT2D eigenvalue weighted by Gasteiger charge is -2.17. The van der Waals surface area contributed by atoms with Crippen molar-refractivity contribution in [3.05, 3.63) is 16.9 Å². The molecule has 0 amide bonds. The minimum Gasteiger partial charge on any atom is -0.312 e. The zero-order chi connectivity index (χ0) is 11.3. The number of aromatic nitrogens is 2. The molecule has 0 aliphatic rings. The first kappa shape index (κ1) is 12.9. The van der Waals surface area contributed by atoms with Crippen LogP contribution in [0.3, 0.4) is 0 Å². The van der Waals surface area contributed by atoms with Crippen molar-refractivity contribution < 1.29 is 0 Å². The van der Waals surface area contributed by atoms with Crippen molar-refractivity contribution >= 4 is 23.4 Å². The summed E-state index contributed by atoms with van der Waals surface area (Å²) in [5.74, 6) is 1.12. The molecule has 1 aromatic rings. The molecule has 1 rings (SSSR count). The maximum Gasteiger partial charge on any atom is 0.0834 e. The van der Waals surface area contributed by atoms with Crippen LogP contribution in [0.4, 0.5) is 0 Å². The number of hydrogen-bond acceptors (Lipinski definition) is 3. The van der Waals surface area contributed by atoms with Gasteiger partial charge in [-0.2, -0.15) is 16.9 Å². The van der Waals surface area contributed by atoms with E-state index < -0.39 is 0 Å². The van der Waals surface area contributed by atoms with E-state index in [0.29, 0.717) is 6.04 Å². The van der Waals surface area contributed by atoms with Gasteiger partial charge >= 0.3 is 0 Å². The molecule has 0 aliphatic carbocycles. The largest absolute Gasteiger partial charge is 0.312 e. The molecule has 0 aliphatic heterocycles. The van der Waals surface area contributed by atoms with Crippen molar-refractivity contribution in [3.8, 4) is 0 Å². The lowest BCUT2D eigenvalue weighted by molar-refractivity contribution is 0.507. The number of halogens is 1. The predicted molar refractivity (Wildman–Crippen MR) is 67.7 cm³/mol. The van der Waals surface area contributed by atoms with Gasteiger partial charge in [0.15, 0.2) is 0 Å². The van der Waals surface area contributed by atoms with Crippen molar-refractivity contribution in [2.24, 2.45) is 0 Å². The SMILES string of the molecule is CCn1ncc(Cl)c1C(CCSC)NC. The number of thioether (sulfide) groups is 1. The van der Waals surface area contributed by atoms with Crippen LogP contribution in [0, 0.1) is 0 Å². The average Bonchev–Trinajstić information content (AvgIpc) is 2.62. The summed E-state index contributed by atoms with van der Waals surface area (Å²) >= 11 is 8.00. The average molecular weight is 248 g/mol. The van der Waals surface area contributed by atoms with Crippen molar-refractivity contribution in [2.75, 3.05) is 19.1 Å². The number of nitrogens with zero attached hydrogens (tertiary/aromatic N) is 2. The van der Waals surface area contributed by atoms with E-state index >= 15 is 0 Å². The monoisotopic (exact) mass is 247 g/mol. The fourth-order valence-electron chi connectivity index (χ4n) is 1.62. The van der Waals surface area contributed by atoms with Crippen molar-refractivity contribution in [2.45, 2.75) is 25.9 Å². The first-order valence-corrected chi connectivity index (χ1v) is 6.89. The van der Waals surface area contributed by atoms with E-state index in [0.717, 1.165) is 29.4 Å². The van der Waals surface area contributed by atoms with E-state index in [4.69, 9.17) is 11.6 Å². The Morgan fingerprint density at radius 1 is 1.67 bits per heavy atom. The first-order valence-electron chi connectivity index (χ1n) is 5.12. The first-order chi connectivity index (χ1) is 7.24. The van der Waals surface area contributed by atoms with Gasteiger partial charge in [-0.1, -0.05) is 11.6 Å². The predicted octanol–water partition coefficient (Wildman–Crippen LogP) is 2.57. The van der Waals surface area contributed by atoms with E-state index in [-0.39, 0.29) is 0 Å². The molecule has 0 radical (unpaired) electrons. The van der Waals surface area contributed by atoms with Crippen LogP contribution < -0.4 is 5.32 Å². The van der Waals surface area contributed by atoms with E-state index in [1.807, 2.05) is 23.5 Å². The van der Waals surface area contributed by atoms with E-state index in [2.05, 4.69) is 23.6 Å². The molecule has 3 nitrogen and oxygen atoms in total. The van der Waals surface area contributed by atoms with Crippen LogP contribution >= 0.6 is 23.4 Å². The van der Waals surface area contributed by atoms with Crippen LogP contribution in [0.5, 0.6) is 0 Å². The summed E-state index contributed by atoms with van der Waals surface area (Å²) in [5, 5.41) is 8.31. The number of aryl methyl sites for hydroxylation is 1. The highest BCUT2D eigenvalue weighted by molar-refractivity contribution is 7.98. The molecule has 0 saturated carbocycles. The normalized spacial score (nSPS) is 13.1. The van der Waals surface area contributed by atoms with Gasteiger partial charge in [0.2, 0.25) is 0 Å². The van der Waals surface area contributed by atoms with Gasteiger partial charge in [-0.25, -0.2) is 0 Å². The summed E-state index contributed by atoms with van der Waals surface area (Å²) in [6, 6.07) is 0.299. The van der Waals surface area contributed by atoms with Gasteiger partial charge in [-0.15, -0.1) is 0 Å². The highest BCUT2D eigenvalue weighted by atomic mass is 35.5. The molecule has 5 heteroatoms. The Balaban J connectivity index is 2.84. The number of rotatable bonds is 6. The third kappa shape index (κ3) is 3.13. The fraction of sp³-hybridized carbons (Fsp3) is 0.700. The Kier molecular flexibility index (Phi) is 5.50. The minimum atomic E-state index is 0.299. The molecule has 1 N–H and O–H groups in total. The highest BCUT2D eigenvalue weighted by Gasteiger charge is 2.17. The second-order valence-electron chi connectivity index (χ2n) is 3.32. The smallest absolute Gasteiger partial charge is 0.0834 e. The lowest BCUT2D eigenvalue weighted by atomic mass is 10.1. The van der Waals surface area contributed by atoms with Crippen LogP contribution in [-0.4, -0.2) is 28.8 Å². The van der Waals surface area contributed by atoms with Crippen LogP contribution in [0.2, 0.25) is 5.02 Å². The van der Waals surface area contributed by atoms with Crippen LogP contribution in [0.15, 0.2) is 6.20 Å². The van der Waals surface area contributed by atoms with Gasteiger partial charge < -0.3 is 5.32 Å². The Morgan fingerprint density at radius 3 is 2.93 bits per heavy atom. The lowest BCUT2D eigenvalue weighted by Crippen LogP contribution is -2.21. The van der Waals surface area contributed by atoms with Gasteiger partial charge in [0, 0.05) is 6.54 Å². The van der Waals surface area contributed by atoms with Crippen molar-refractivity contribution in [1.29, 1.82) is 0 Å². The maximum absolute atomic E-state index is 6.15. The number of nitrogens with one attached hydrogen (secondary N) is 1. The Labute approximate surface area is 101 Å². The molecule has 86 valence electrons. The summed E-state index contributed by atoms with van der Waals surface area (Å²) in [4.78, 5) is 0. The summed E-state index contributed by atoms with van der Waals surface area (Å²) in [7, 11) is 1.97. The second-order valence-corrected chi connectivity index (χ2v) is 4.71. The topological polar surface area (TPSA) is 29.9 Å². The molecule has 0 saturated heterocycles. The molecule has 1 unspecified atom stereocenters. The summed E-state index contributed by atoms with van der Waals surface area (Å²) in [5.41, 5.74) is 1.11. The van der Waals surface area contributed by atoms with E-state index in [1.54, 1.807) is 6.20 Å².